The third-order valence-electron chi connectivity index (χ3n) is 10.8. The van der Waals surface area contributed by atoms with E-state index in [0.29, 0.717) is 24.3 Å². The van der Waals surface area contributed by atoms with Gasteiger partial charge < -0.3 is 25.2 Å². The lowest BCUT2D eigenvalue weighted by atomic mass is 9.51. The second-order valence-corrected chi connectivity index (χ2v) is 12.6. The minimum atomic E-state index is -1.39. The summed E-state index contributed by atoms with van der Waals surface area (Å²) in [5, 5.41) is 25.1. The summed E-state index contributed by atoms with van der Waals surface area (Å²) < 4.78 is 5.70. The molecule has 3 aromatic carbocycles. The Morgan fingerprint density at radius 3 is 1.88 bits per heavy atom. The average molecular weight is 585 g/mol. The Bertz CT molecular complexity index is 1380. The molecule has 0 saturated carbocycles. The van der Waals surface area contributed by atoms with Gasteiger partial charge in [-0.1, -0.05) is 78.9 Å². The van der Waals surface area contributed by atoms with Crippen LogP contribution < -0.4 is 10.1 Å². The maximum absolute atomic E-state index is 13.5. The summed E-state index contributed by atoms with van der Waals surface area (Å²) in [5.41, 5.74) is 0.341. The van der Waals surface area contributed by atoms with E-state index in [1.165, 1.54) is 11.1 Å². The van der Waals surface area contributed by atoms with Crippen molar-refractivity contribution in [3.05, 3.63) is 102 Å². The van der Waals surface area contributed by atoms with E-state index in [2.05, 4.69) is 58.7 Å². The Morgan fingerprint density at radius 1 is 0.837 bits per heavy atom. The molecule has 2 aliphatic heterocycles. The quantitative estimate of drug-likeness (QED) is 0.293. The third kappa shape index (κ3) is 5.12. The predicted molar refractivity (Wildman–Crippen MR) is 168 cm³/mol. The molecule has 3 N–H and O–H groups in total. The second kappa shape index (κ2) is 12.1. The molecule has 228 valence electrons. The minimum Gasteiger partial charge on any atom is -0.496 e. The number of carboxylic acids is 2. The van der Waals surface area contributed by atoms with Crippen molar-refractivity contribution in [2.75, 3.05) is 26.7 Å². The number of likely N-dealkylation sites (tertiary alicyclic amines) is 1. The molecular formula is C36H44N2O5. The maximum atomic E-state index is 13.5. The topological polar surface area (TPSA) is 99.1 Å². The first-order valence-electron chi connectivity index (χ1n) is 15.3. The van der Waals surface area contributed by atoms with Crippen molar-refractivity contribution in [1.82, 2.24) is 10.2 Å². The molecule has 2 saturated heterocycles. The van der Waals surface area contributed by atoms with Gasteiger partial charge in [-0.3, -0.25) is 9.59 Å². The Labute approximate surface area is 254 Å². The van der Waals surface area contributed by atoms with Crippen LogP contribution in [0.15, 0.2) is 84.9 Å². The van der Waals surface area contributed by atoms with Gasteiger partial charge in [0.25, 0.3) is 0 Å². The molecule has 3 aromatic rings. The van der Waals surface area contributed by atoms with Gasteiger partial charge in [0.2, 0.25) is 0 Å². The van der Waals surface area contributed by atoms with Crippen LogP contribution in [0.3, 0.4) is 0 Å². The number of methoxy groups -OCH3 is 1. The van der Waals surface area contributed by atoms with Crippen LogP contribution in [0.2, 0.25) is 0 Å². The zero-order valence-corrected chi connectivity index (χ0v) is 25.6. The lowest BCUT2D eigenvalue weighted by Gasteiger charge is -2.56. The van der Waals surface area contributed by atoms with Crippen LogP contribution in [-0.4, -0.2) is 65.9 Å². The molecule has 0 bridgehead atoms. The smallest absolute Gasteiger partial charge is 0.311 e. The Hall–Kier alpha value is -3.68. The molecule has 0 spiro atoms. The zero-order chi connectivity index (χ0) is 30.8. The Balaban J connectivity index is 1.48. The van der Waals surface area contributed by atoms with Crippen molar-refractivity contribution < 1.29 is 24.5 Å². The van der Waals surface area contributed by atoms with E-state index in [9.17, 15) is 19.8 Å². The molecule has 43 heavy (non-hydrogen) atoms. The molecule has 2 heterocycles. The first kappa shape index (κ1) is 30.8. The van der Waals surface area contributed by atoms with Gasteiger partial charge in [-0.05, 0) is 82.4 Å². The van der Waals surface area contributed by atoms with E-state index in [1.807, 2.05) is 44.2 Å². The van der Waals surface area contributed by atoms with Crippen molar-refractivity contribution in [2.45, 2.75) is 63.5 Å². The average Bonchev–Trinajstić information content (AvgIpc) is 3.03. The summed E-state index contributed by atoms with van der Waals surface area (Å²) in [5.74, 6) is -2.31. The summed E-state index contributed by atoms with van der Waals surface area (Å²) >= 11 is 0. The van der Waals surface area contributed by atoms with Crippen LogP contribution in [0.4, 0.5) is 0 Å². The van der Waals surface area contributed by atoms with E-state index in [-0.39, 0.29) is 5.41 Å². The predicted octanol–water partition coefficient (Wildman–Crippen LogP) is 5.79. The lowest BCUT2D eigenvalue weighted by Crippen LogP contribution is -2.69. The fourth-order valence-electron chi connectivity index (χ4n) is 8.08. The molecule has 0 aromatic heterocycles. The number of aliphatic carboxylic acids is 2. The summed E-state index contributed by atoms with van der Waals surface area (Å²) in [7, 11) is 1.55. The SMILES string of the molecule is COc1ccccc1C1C(C)(C(=O)O)C(C)NC(C)C1(CCN1CCC(c2ccccc2)(c2ccccc2)CC1)C(=O)O. The Kier molecular flexibility index (Phi) is 8.68. The molecule has 5 rings (SSSR count). The van der Waals surface area contributed by atoms with E-state index in [4.69, 9.17) is 4.74 Å². The van der Waals surface area contributed by atoms with Crippen LogP contribution >= 0.6 is 0 Å². The van der Waals surface area contributed by atoms with E-state index in [0.717, 1.165) is 25.9 Å². The highest BCUT2D eigenvalue weighted by molar-refractivity contribution is 5.84. The van der Waals surface area contributed by atoms with Crippen LogP contribution in [0.1, 0.15) is 62.6 Å². The third-order valence-corrected chi connectivity index (χ3v) is 10.8. The number of hydrogen-bond acceptors (Lipinski definition) is 5. The number of carboxylic acid groups (broad SMARTS) is 2. The van der Waals surface area contributed by atoms with Gasteiger partial charge in [0.15, 0.2) is 0 Å². The first-order chi connectivity index (χ1) is 20.6. The normalized spacial score (nSPS) is 29.1. The molecule has 7 heteroatoms. The van der Waals surface area contributed by atoms with Crippen molar-refractivity contribution in [1.29, 1.82) is 0 Å². The van der Waals surface area contributed by atoms with Gasteiger partial charge >= 0.3 is 11.9 Å². The monoisotopic (exact) mass is 584 g/mol. The standard InChI is InChI=1S/C36H44N2O5/c1-25-34(3,32(39)40)31(29-17-11-12-18-30(29)43-4)36(33(41)42,26(2)37-25)21-24-38-22-19-35(20-23-38,27-13-7-5-8-14-27)28-15-9-6-10-16-28/h5-18,25-26,31,37H,19-24H2,1-4H3,(H,39,40)(H,41,42). The van der Waals surface area contributed by atoms with Crippen LogP contribution in [-0.2, 0) is 15.0 Å². The van der Waals surface area contributed by atoms with Crippen LogP contribution in [0.5, 0.6) is 5.75 Å². The van der Waals surface area contributed by atoms with Crippen LogP contribution in [0, 0.1) is 10.8 Å². The highest BCUT2D eigenvalue weighted by Crippen LogP contribution is 2.58. The Morgan fingerprint density at radius 2 is 1.37 bits per heavy atom. The van der Waals surface area contributed by atoms with Crippen molar-refractivity contribution >= 4 is 11.9 Å². The summed E-state index contributed by atoms with van der Waals surface area (Å²) in [6.45, 7) is 7.59. The number of nitrogens with one attached hydrogen (secondary N) is 1. The number of rotatable bonds is 9. The first-order valence-corrected chi connectivity index (χ1v) is 15.3. The highest BCUT2D eigenvalue weighted by atomic mass is 16.5. The molecule has 0 aliphatic carbocycles. The molecule has 0 radical (unpaired) electrons. The summed E-state index contributed by atoms with van der Waals surface area (Å²) in [6, 6.07) is 27.7. The molecule has 5 atom stereocenters. The largest absolute Gasteiger partial charge is 0.496 e. The molecule has 0 amide bonds. The van der Waals surface area contributed by atoms with Crippen molar-refractivity contribution in [3.63, 3.8) is 0 Å². The second-order valence-electron chi connectivity index (χ2n) is 12.6. The number of nitrogens with zero attached hydrogens (tertiary/aromatic N) is 1. The molecule has 7 nitrogen and oxygen atoms in total. The number of para-hydroxylation sites is 1. The van der Waals surface area contributed by atoms with E-state index >= 15 is 0 Å². The number of benzene rings is 3. The van der Waals surface area contributed by atoms with Gasteiger partial charge in [0, 0.05) is 23.4 Å². The number of piperidine rings is 2. The van der Waals surface area contributed by atoms with Gasteiger partial charge in [-0.2, -0.15) is 0 Å². The fourth-order valence-corrected chi connectivity index (χ4v) is 8.08. The van der Waals surface area contributed by atoms with Gasteiger partial charge in [0.1, 0.15) is 5.75 Å². The molecule has 5 unspecified atom stereocenters. The van der Waals surface area contributed by atoms with Gasteiger partial charge in [0.05, 0.1) is 17.9 Å². The molecule has 2 fully saturated rings. The lowest BCUT2D eigenvalue weighted by molar-refractivity contribution is -0.171. The van der Waals surface area contributed by atoms with Gasteiger partial charge in [-0.25, -0.2) is 0 Å². The summed E-state index contributed by atoms with van der Waals surface area (Å²) in [6.07, 6.45) is 2.13. The van der Waals surface area contributed by atoms with E-state index in [1.54, 1.807) is 20.1 Å². The molecule has 2 aliphatic rings. The zero-order valence-electron chi connectivity index (χ0n) is 25.6. The fraction of sp³-hybridized carbons (Fsp3) is 0.444. The summed E-state index contributed by atoms with van der Waals surface area (Å²) in [4.78, 5) is 28.9. The maximum Gasteiger partial charge on any atom is 0.311 e. The number of carbonyl (C=O) groups is 2. The van der Waals surface area contributed by atoms with Crippen molar-refractivity contribution in [3.8, 4) is 5.75 Å². The van der Waals surface area contributed by atoms with Gasteiger partial charge in [-0.15, -0.1) is 0 Å². The number of hydrogen-bond donors (Lipinski definition) is 3. The minimum absolute atomic E-state index is 0.111. The van der Waals surface area contributed by atoms with Crippen molar-refractivity contribution in [2.24, 2.45) is 10.8 Å². The highest BCUT2D eigenvalue weighted by Gasteiger charge is 2.65. The molecular weight excluding hydrogens is 540 g/mol. The van der Waals surface area contributed by atoms with Crippen LogP contribution in [0.25, 0.3) is 0 Å². The van der Waals surface area contributed by atoms with E-state index < -0.39 is 40.8 Å². The number of ether oxygens (including phenoxy) is 1.